The van der Waals surface area contributed by atoms with E-state index >= 15 is 0 Å². The standard InChI is InChI=1S/C24H26N3OS3/c1-5-26-19(30-18-13-15(3)16-9-7-8-10-17(16)21(18)26)14-20-27(6-2)23(28)22(31-20)24-25(4)11-12-29-24/h7-10,13-14H,5-6,11-12H2,1-4H3/q+1/b24-22-. The molecule has 7 heteroatoms. The number of hydrogen-bond acceptors (Lipinski definition) is 5. The molecular weight excluding hydrogens is 442 g/mol. The van der Waals surface area contributed by atoms with E-state index in [0.717, 1.165) is 33.1 Å². The molecule has 3 heterocycles. The quantitative estimate of drug-likeness (QED) is 0.431. The molecule has 1 saturated heterocycles. The maximum atomic E-state index is 13.2. The van der Waals surface area contributed by atoms with Crippen LogP contribution in [0.15, 0.2) is 35.1 Å². The number of rotatable bonds is 3. The average Bonchev–Trinajstić information content (AvgIpc) is 3.43. The normalized spacial score (nSPS) is 16.9. The number of nitrogens with zero attached hydrogens (tertiary/aromatic N) is 3. The lowest BCUT2D eigenvalue weighted by molar-refractivity contribution is -0.664. The van der Waals surface area contributed by atoms with Crippen LogP contribution in [-0.2, 0) is 13.1 Å². The third-order valence-electron chi connectivity index (χ3n) is 5.94. The van der Waals surface area contributed by atoms with Crippen molar-refractivity contribution in [3.63, 3.8) is 0 Å². The van der Waals surface area contributed by atoms with Gasteiger partial charge in [-0.1, -0.05) is 29.5 Å². The maximum absolute atomic E-state index is 13.2. The SMILES string of the molecule is CCn1c(=O)/c(=C2/SCCN2C)s/c1=C/c1sc2cc(C)c3ccccc3c2[n+]1CC. The van der Waals surface area contributed by atoms with E-state index in [1.165, 1.54) is 31.6 Å². The minimum absolute atomic E-state index is 0.139. The van der Waals surface area contributed by atoms with Gasteiger partial charge in [-0.25, -0.2) is 0 Å². The third-order valence-corrected chi connectivity index (χ3v) is 9.44. The Kier molecular flexibility index (Phi) is 5.44. The van der Waals surface area contributed by atoms with Crippen LogP contribution in [0.25, 0.3) is 32.1 Å². The molecule has 2 aromatic heterocycles. The van der Waals surface area contributed by atoms with Gasteiger partial charge in [0.2, 0.25) is 5.52 Å². The fourth-order valence-electron chi connectivity index (χ4n) is 4.37. The Balaban J connectivity index is 1.82. The van der Waals surface area contributed by atoms with Crippen LogP contribution in [0.3, 0.4) is 0 Å². The number of aromatic nitrogens is 2. The molecule has 0 amide bonds. The molecule has 4 nitrogen and oxygen atoms in total. The highest BCUT2D eigenvalue weighted by molar-refractivity contribution is 8.08. The van der Waals surface area contributed by atoms with Crippen molar-refractivity contribution in [2.75, 3.05) is 19.3 Å². The van der Waals surface area contributed by atoms with Gasteiger partial charge in [-0.3, -0.25) is 9.36 Å². The monoisotopic (exact) mass is 468 g/mol. The van der Waals surface area contributed by atoms with Crippen LogP contribution in [0.2, 0.25) is 0 Å². The fourth-order valence-corrected chi connectivity index (χ4v) is 8.25. The molecule has 0 atom stereocenters. The molecule has 1 aliphatic rings. The predicted octanol–water partition coefficient (Wildman–Crippen LogP) is 3.49. The first-order valence-electron chi connectivity index (χ1n) is 10.7. The van der Waals surface area contributed by atoms with E-state index < -0.39 is 0 Å². The van der Waals surface area contributed by atoms with Crippen molar-refractivity contribution in [3.8, 4) is 0 Å². The van der Waals surface area contributed by atoms with Gasteiger partial charge in [0.05, 0.1) is 16.5 Å². The molecule has 0 radical (unpaired) electrons. The number of benzene rings is 2. The summed E-state index contributed by atoms with van der Waals surface area (Å²) in [5.74, 6) is 1.05. The Labute approximate surface area is 193 Å². The first-order valence-corrected chi connectivity index (χ1v) is 13.3. The lowest BCUT2D eigenvalue weighted by Crippen LogP contribution is -2.35. The predicted molar refractivity (Wildman–Crippen MR) is 136 cm³/mol. The van der Waals surface area contributed by atoms with Crippen molar-refractivity contribution < 1.29 is 4.57 Å². The molecule has 160 valence electrons. The van der Waals surface area contributed by atoms with Crippen LogP contribution in [0.5, 0.6) is 0 Å². The minimum atomic E-state index is 0.139. The van der Waals surface area contributed by atoms with Crippen LogP contribution < -0.4 is 19.3 Å². The average molecular weight is 469 g/mol. The Bertz CT molecular complexity index is 1490. The van der Waals surface area contributed by atoms with Gasteiger partial charge in [0.1, 0.15) is 20.4 Å². The van der Waals surface area contributed by atoms with Crippen LogP contribution in [-0.4, -0.2) is 28.8 Å². The lowest BCUT2D eigenvalue weighted by Gasteiger charge is -2.08. The highest BCUT2D eigenvalue weighted by atomic mass is 32.2. The summed E-state index contributed by atoms with van der Waals surface area (Å²) in [5.41, 5.74) is 2.74. The molecule has 0 N–H and O–H groups in total. The zero-order valence-corrected chi connectivity index (χ0v) is 20.7. The van der Waals surface area contributed by atoms with Gasteiger partial charge >= 0.3 is 0 Å². The third kappa shape index (κ3) is 3.34. The van der Waals surface area contributed by atoms with E-state index in [2.05, 4.69) is 73.7 Å². The summed E-state index contributed by atoms with van der Waals surface area (Å²) in [5, 5.41) is 4.93. The molecule has 1 fully saturated rings. The molecule has 0 spiro atoms. The van der Waals surface area contributed by atoms with Gasteiger partial charge in [-0.15, -0.1) is 23.1 Å². The summed E-state index contributed by atoms with van der Waals surface area (Å²) in [6.45, 7) is 9.02. The van der Waals surface area contributed by atoms with Crippen LogP contribution in [0.4, 0.5) is 0 Å². The van der Waals surface area contributed by atoms with Crippen molar-refractivity contribution in [1.82, 2.24) is 9.47 Å². The van der Waals surface area contributed by atoms with Crippen molar-refractivity contribution >= 4 is 66.5 Å². The first kappa shape index (κ1) is 20.8. The minimum Gasteiger partial charge on any atom is -0.367 e. The van der Waals surface area contributed by atoms with Gasteiger partial charge in [-0.2, -0.15) is 4.57 Å². The van der Waals surface area contributed by atoms with Crippen molar-refractivity contribution in [1.29, 1.82) is 0 Å². The van der Waals surface area contributed by atoms with Crippen molar-refractivity contribution in [2.24, 2.45) is 0 Å². The van der Waals surface area contributed by atoms with Gasteiger partial charge in [0, 0.05) is 25.9 Å². The van der Waals surface area contributed by atoms with E-state index in [1.807, 2.05) is 15.9 Å². The van der Waals surface area contributed by atoms with Crippen LogP contribution in [0.1, 0.15) is 24.4 Å². The molecule has 1 aliphatic heterocycles. The molecule has 2 aromatic carbocycles. The van der Waals surface area contributed by atoms with Gasteiger partial charge in [0.15, 0.2) is 0 Å². The highest BCUT2D eigenvalue weighted by Crippen LogP contribution is 2.31. The molecule has 4 aromatic rings. The summed E-state index contributed by atoms with van der Waals surface area (Å²) in [6, 6.07) is 11.0. The second-order valence-electron chi connectivity index (χ2n) is 7.81. The zero-order chi connectivity index (χ0) is 21.7. The zero-order valence-electron chi connectivity index (χ0n) is 18.3. The van der Waals surface area contributed by atoms with Crippen LogP contribution >= 0.6 is 34.4 Å². The van der Waals surface area contributed by atoms with Gasteiger partial charge < -0.3 is 4.90 Å². The van der Waals surface area contributed by atoms with Crippen molar-refractivity contribution in [3.05, 3.63) is 60.5 Å². The second-order valence-corrected chi connectivity index (χ2v) is 11.0. The summed E-state index contributed by atoms with van der Waals surface area (Å²) >= 11 is 5.24. The lowest BCUT2D eigenvalue weighted by atomic mass is 10.0. The smallest absolute Gasteiger partial charge is 0.271 e. The van der Waals surface area contributed by atoms with E-state index in [-0.39, 0.29) is 5.56 Å². The molecule has 0 aliphatic carbocycles. The number of aryl methyl sites for hydroxylation is 2. The van der Waals surface area contributed by atoms with E-state index in [9.17, 15) is 4.79 Å². The first-order chi connectivity index (χ1) is 15.0. The van der Waals surface area contributed by atoms with Crippen LogP contribution in [0, 0.1) is 6.92 Å². The Morgan fingerprint density at radius 2 is 1.94 bits per heavy atom. The van der Waals surface area contributed by atoms with Gasteiger partial charge in [0.25, 0.3) is 10.6 Å². The largest absolute Gasteiger partial charge is 0.367 e. The molecular formula is C24H26N3OS3+. The topological polar surface area (TPSA) is 29.1 Å². The van der Waals surface area contributed by atoms with Crippen molar-refractivity contribution in [2.45, 2.75) is 33.9 Å². The number of fused-ring (bicyclic) bond motifs is 3. The number of hydrogen-bond donors (Lipinski definition) is 0. The second kappa shape index (κ2) is 8.11. The molecule has 0 unspecified atom stereocenters. The Hall–Kier alpha value is -2.09. The number of thioether (sulfide) groups is 1. The summed E-state index contributed by atoms with van der Waals surface area (Å²) in [7, 11) is 2.08. The van der Waals surface area contributed by atoms with E-state index in [1.54, 1.807) is 23.1 Å². The van der Waals surface area contributed by atoms with E-state index in [4.69, 9.17) is 0 Å². The Morgan fingerprint density at radius 1 is 1.16 bits per heavy atom. The summed E-state index contributed by atoms with van der Waals surface area (Å²) < 4.78 is 7.53. The molecule has 31 heavy (non-hydrogen) atoms. The summed E-state index contributed by atoms with van der Waals surface area (Å²) in [4.78, 5) is 15.4. The molecule has 5 rings (SSSR count). The maximum Gasteiger partial charge on any atom is 0.271 e. The molecule has 0 bridgehead atoms. The summed E-state index contributed by atoms with van der Waals surface area (Å²) in [6.07, 6.45) is 2.22. The molecule has 0 saturated carbocycles. The van der Waals surface area contributed by atoms with E-state index in [0.29, 0.717) is 6.54 Å². The highest BCUT2D eigenvalue weighted by Gasteiger charge is 2.22. The Morgan fingerprint density at radius 3 is 2.61 bits per heavy atom. The fraction of sp³-hybridized carbons (Fsp3) is 0.333. The van der Waals surface area contributed by atoms with Gasteiger partial charge in [-0.05, 0) is 43.9 Å². The number of thiazole rings is 2.